The minimum Gasteiger partial charge on any atom is -0.308 e. The lowest BCUT2D eigenvalue weighted by atomic mass is 9.90. The van der Waals surface area contributed by atoms with Crippen molar-refractivity contribution in [3.63, 3.8) is 0 Å². The molecule has 1 aliphatic carbocycles. The van der Waals surface area contributed by atoms with Crippen LogP contribution in [0.2, 0.25) is 0 Å². The molecule has 0 bridgehead atoms. The lowest BCUT2D eigenvalue weighted by molar-refractivity contribution is 0.0563. The predicted octanol–water partition coefficient (Wildman–Crippen LogP) is 2.75. The number of hydrogen-bond acceptors (Lipinski definition) is 3. The fourth-order valence-corrected chi connectivity index (χ4v) is 3.78. The Kier molecular flexibility index (Phi) is 3.59. The summed E-state index contributed by atoms with van der Waals surface area (Å²) in [6.07, 6.45) is 9.28. The maximum atomic E-state index is 4.13. The Bertz CT molecular complexity index is 411. The summed E-state index contributed by atoms with van der Waals surface area (Å²) in [5.41, 5.74) is 1.78. The van der Waals surface area contributed by atoms with Crippen molar-refractivity contribution in [2.24, 2.45) is 0 Å². The number of hydrogen-bond donors (Lipinski definition) is 1. The van der Waals surface area contributed by atoms with Crippen LogP contribution in [-0.4, -0.2) is 34.6 Å². The van der Waals surface area contributed by atoms with Gasteiger partial charge in [-0.1, -0.05) is 12.8 Å². The molecule has 2 unspecified atom stereocenters. The Labute approximate surface area is 116 Å². The summed E-state index contributed by atoms with van der Waals surface area (Å²) >= 11 is 0. The normalized spacial score (nSPS) is 28.6. The average molecular weight is 259 g/mol. The number of nitrogens with zero attached hydrogens (tertiary/aromatic N) is 2. The van der Waals surface area contributed by atoms with Crippen molar-refractivity contribution >= 4 is 0 Å². The van der Waals surface area contributed by atoms with Crippen molar-refractivity contribution < 1.29 is 0 Å². The first kappa shape index (κ1) is 13.1. The molecular formula is C16H25N3. The maximum Gasteiger partial charge on any atom is 0.0325 e. The molecule has 2 atom stereocenters. The van der Waals surface area contributed by atoms with Crippen molar-refractivity contribution in [3.8, 4) is 0 Å². The summed E-state index contributed by atoms with van der Waals surface area (Å²) in [6, 6.07) is 5.40. The molecule has 0 radical (unpaired) electrons. The first-order chi connectivity index (χ1) is 9.20. The van der Waals surface area contributed by atoms with E-state index in [2.05, 4.69) is 41.2 Å². The van der Waals surface area contributed by atoms with Gasteiger partial charge in [0.1, 0.15) is 0 Å². The first-order valence-electron chi connectivity index (χ1n) is 7.61. The van der Waals surface area contributed by atoms with Crippen LogP contribution in [0.5, 0.6) is 0 Å². The van der Waals surface area contributed by atoms with Crippen molar-refractivity contribution in [1.82, 2.24) is 15.2 Å². The zero-order chi connectivity index (χ0) is 13.3. The van der Waals surface area contributed by atoms with Crippen LogP contribution in [0.4, 0.5) is 0 Å². The van der Waals surface area contributed by atoms with E-state index in [0.717, 1.165) is 6.54 Å². The summed E-state index contributed by atoms with van der Waals surface area (Å²) in [5, 5.41) is 3.83. The van der Waals surface area contributed by atoms with Gasteiger partial charge < -0.3 is 5.32 Å². The fraction of sp³-hybridized carbons (Fsp3) is 0.688. The molecule has 0 aromatic carbocycles. The molecule has 1 spiro atoms. The zero-order valence-electron chi connectivity index (χ0n) is 12.1. The molecule has 2 fully saturated rings. The van der Waals surface area contributed by atoms with Crippen molar-refractivity contribution in [2.45, 2.75) is 57.2 Å². The minimum absolute atomic E-state index is 0.397. The third-order valence-corrected chi connectivity index (χ3v) is 5.07. The molecule has 1 aromatic rings. The summed E-state index contributed by atoms with van der Waals surface area (Å²) in [4.78, 5) is 6.81. The molecule has 3 heteroatoms. The van der Waals surface area contributed by atoms with Gasteiger partial charge >= 0.3 is 0 Å². The second-order valence-corrected chi connectivity index (χ2v) is 6.35. The lowest BCUT2D eigenvalue weighted by Gasteiger charge is -2.48. The molecule has 1 saturated heterocycles. The van der Waals surface area contributed by atoms with Gasteiger partial charge in [0.25, 0.3) is 0 Å². The van der Waals surface area contributed by atoms with Crippen LogP contribution in [0.1, 0.15) is 51.1 Å². The number of pyridine rings is 1. The summed E-state index contributed by atoms with van der Waals surface area (Å²) in [6.45, 7) is 6.99. The van der Waals surface area contributed by atoms with Gasteiger partial charge in [-0.25, -0.2) is 0 Å². The van der Waals surface area contributed by atoms with Crippen LogP contribution >= 0.6 is 0 Å². The number of rotatable bonds is 2. The smallest absolute Gasteiger partial charge is 0.0325 e. The van der Waals surface area contributed by atoms with E-state index in [4.69, 9.17) is 0 Å². The Hall–Kier alpha value is -0.930. The molecule has 3 nitrogen and oxygen atoms in total. The molecule has 19 heavy (non-hydrogen) atoms. The standard InChI is InChI=1S/C16H25N3/c1-13-11-18-16(7-3-4-8-16)12-19(13)14(2)15-5-9-17-10-6-15/h5-6,9-10,13-14,18H,3-4,7-8,11-12H2,1-2H3. The van der Waals surface area contributed by atoms with Gasteiger partial charge in [0, 0.05) is 43.1 Å². The second kappa shape index (κ2) is 5.22. The van der Waals surface area contributed by atoms with Gasteiger partial charge in [0.2, 0.25) is 0 Å². The van der Waals surface area contributed by atoms with Crippen molar-refractivity contribution in [1.29, 1.82) is 0 Å². The van der Waals surface area contributed by atoms with Crippen molar-refractivity contribution in [3.05, 3.63) is 30.1 Å². The van der Waals surface area contributed by atoms with Gasteiger partial charge in [-0.05, 0) is 44.4 Å². The van der Waals surface area contributed by atoms with Crippen LogP contribution < -0.4 is 5.32 Å². The first-order valence-corrected chi connectivity index (χ1v) is 7.61. The molecule has 1 aliphatic heterocycles. The molecule has 3 rings (SSSR count). The monoisotopic (exact) mass is 259 g/mol. The third kappa shape index (κ3) is 2.54. The van der Waals surface area contributed by atoms with E-state index in [-0.39, 0.29) is 0 Å². The topological polar surface area (TPSA) is 28.2 Å². The molecule has 104 valence electrons. The molecule has 0 amide bonds. The van der Waals surface area contributed by atoms with Crippen molar-refractivity contribution in [2.75, 3.05) is 13.1 Å². The van der Waals surface area contributed by atoms with Gasteiger partial charge in [-0.15, -0.1) is 0 Å². The largest absolute Gasteiger partial charge is 0.308 e. The quantitative estimate of drug-likeness (QED) is 0.885. The highest BCUT2D eigenvalue weighted by Crippen LogP contribution is 2.36. The van der Waals surface area contributed by atoms with E-state index in [9.17, 15) is 0 Å². The summed E-state index contributed by atoms with van der Waals surface area (Å²) in [5.74, 6) is 0. The van der Waals surface area contributed by atoms with Crippen LogP contribution in [0.25, 0.3) is 0 Å². The zero-order valence-corrected chi connectivity index (χ0v) is 12.1. The Morgan fingerprint density at radius 1 is 1.32 bits per heavy atom. The van der Waals surface area contributed by atoms with Crippen LogP contribution in [0, 0.1) is 0 Å². The Morgan fingerprint density at radius 2 is 2.00 bits per heavy atom. The fourth-order valence-electron chi connectivity index (χ4n) is 3.78. The molecule has 1 aromatic heterocycles. The van der Waals surface area contributed by atoms with E-state index in [1.807, 2.05) is 12.4 Å². The van der Waals surface area contributed by atoms with E-state index in [1.54, 1.807) is 0 Å². The number of aromatic nitrogens is 1. The highest BCUT2D eigenvalue weighted by atomic mass is 15.3. The third-order valence-electron chi connectivity index (χ3n) is 5.07. The number of piperazine rings is 1. The van der Waals surface area contributed by atoms with Crippen LogP contribution in [0.3, 0.4) is 0 Å². The molecule has 1 N–H and O–H groups in total. The average Bonchev–Trinajstić information content (AvgIpc) is 2.90. The Morgan fingerprint density at radius 3 is 2.68 bits per heavy atom. The predicted molar refractivity (Wildman–Crippen MR) is 78.0 cm³/mol. The molecule has 2 aliphatic rings. The van der Waals surface area contributed by atoms with E-state index >= 15 is 0 Å². The lowest BCUT2D eigenvalue weighted by Crippen LogP contribution is -2.62. The van der Waals surface area contributed by atoms with E-state index in [0.29, 0.717) is 17.6 Å². The Balaban J connectivity index is 1.78. The molecule has 2 heterocycles. The summed E-state index contributed by atoms with van der Waals surface area (Å²) < 4.78 is 0. The van der Waals surface area contributed by atoms with E-state index < -0.39 is 0 Å². The van der Waals surface area contributed by atoms with Gasteiger partial charge in [-0.2, -0.15) is 0 Å². The minimum atomic E-state index is 0.397. The molecular weight excluding hydrogens is 234 g/mol. The highest BCUT2D eigenvalue weighted by Gasteiger charge is 2.41. The van der Waals surface area contributed by atoms with Crippen LogP contribution in [-0.2, 0) is 0 Å². The summed E-state index contributed by atoms with van der Waals surface area (Å²) in [7, 11) is 0. The second-order valence-electron chi connectivity index (χ2n) is 6.35. The van der Waals surface area contributed by atoms with Gasteiger partial charge in [0.05, 0.1) is 0 Å². The van der Waals surface area contributed by atoms with Gasteiger partial charge in [0.15, 0.2) is 0 Å². The van der Waals surface area contributed by atoms with Gasteiger partial charge in [-0.3, -0.25) is 9.88 Å². The van der Waals surface area contributed by atoms with E-state index in [1.165, 1.54) is 37.8 Å². The maximum absolute atomic E-state index is 4.13. The number of nitrogens with one attached hydrogen (secondary N) is 1. The SMILES string of the molecule is CC1CNC2(CCCC2)CN1C(C)c1ccncc1. The highest BCUT2D eigenvalue weighted by molar-refractivity contribution is 5.16. The molecule has 1 saturated carbocycles. The van der Waals surface area contributed by atoms with Crippen LogP contribution in [0.15, 0.2) is 24.5 Å².